The van der Waals surface area contributed by atoms with Gasteiger partial charge < -0.3 is 9.47 Å². The van der Waals surface area contributed by atoms with Gasteiger partial charge in [0.15, 0.2) is 0 Å². The molecule has 2 unspecified atom stereocenters. The van der Waals surface area contributed by atoms with Crippen molar-refractivity contribution in [2.45, 2.75) is 76.3 Å². The number of rotatable bonds is 13. The number of hydrogen-bond acceptors (Lipinski definition) is 2. The Labute approximate surface area is 122 Å². The lowest BCUT2D eigenvalue weighted by molar-refractivity contribution is 0.0186. The Morgan fingerprint density at radius 1 is 0.722 bits per heavy atom. The van der Waals surface area contributed by atoms with Gasteiger partial charge in [-0.25, -0.2) is 0 Å². The second-order valence-corrected chi connectivity index (χ2v) is 5.53. The molecule has 0 aromatic heterocycles. The number of halogens is 2. The van der Waals surface area contributed by atoms with Gasteiger partial charge in [0, 0.05) is 0 Å². The van der Waals surface area contributed by atoms with Crippen LogP contribution in [0.3, 0.4) is 0 Å². The third-order valence-corrected chi connectivity index (χ3v) is 3.44. The van der Waals surface area contributed by atoms with E-state index in [1.165, 1.54) is 25.7 Å². The lowest BCUT2D eigenvalue weighted by Crippen LogP contribution is -2.14. The van der Waals surface area contributed by atoms with Crippen LogP contribution in [0.5, 0.6) is 0 Å². The van der Waals surface area contributed by atoms with E-state index in [4.69, 9.17) is 32.7 Å². The Morgan fingerprint density at radius 3 is 1.44 bits per heavy atom. The zero-order valence-corrected chi connectivity index (χ0v) is 13.3. The van der Waals surface area contributed by atoms with Crippen LogP contribution < -0.4 is 0 Å². The van der Waals surface area contributed by atoms with Crippen molar-refractivity contribution in [2.24, 2.45) is 0 Å². The first-order chi connectivity index (χ1) is 8.70. The maximum atomic E-state index is 6.02. The summed E-state index contributed by atoms with van der Waals surface area (Å²) in [7, 11) is 0. The van der Waals surface area contributed by atoms with Gasteiger partial charge in [-0.2, -0.15) is 0 Å². The van der Waals surface area contributed by atoms with Gasteiger partial charge in [0.1, 0.15) is 11.1 Å². The van der Waals surface area contributed by atoms with E-state index in [1.54, 1.807) is 0 Å². The van der Waals surface area contributed by atoms with Gasteiger partial charge in [0.25, 0.3) is 0 Å². The van der Waals surface area contributed by atoms with Gasteiger partial charge >= 0.3 is 0 Å². The van der Waals surface area contributed by atoms with Crippen LogP contribution in [0.25, 0.3) is 0 Å². The van der Waals surface area contributed by atoms with Crippen molar-refractivity contribution in [3.8, 4) is 0 Å². The summed E-state index contributed by atoms with van der Waals surface area (Å²) in [5, 5.41) is 0. The van der Waals surface area contributed by atoms with Gasteiger partial charge in [-0.3, -0.25) is 0 Å². The topological polar surface area (TPSA) is 18.5 Å². The van der Waals surface area contributed by atoms with Gasteiger partial charge in [-0.15, -0.1) is 0 Å². The normalized spacial score (nSPS) is 14.7. The van der Waals surface area contributed by atoms with E-state index in [9.17, 15) is 0 Å². The molecule has 0 heterocycles. The third kappa shape index (κ3) is 12.9. The molecular formula is C14H28Cl2O2. The highest BCUT2D eigenvalue weighted by atomic mass is 35.5. The average molecular weight is 299 g/mol. The molecule has 0 aromatic rings. The van der Waals surface area contributed by atoms with Gasteiger partial charge in [-0.05, 0) is 25.7 Å². The fourth-order valence-electron chi connectivity index (χ4n) is 1.63. The van der Waals surface area contributed by atoms with E-state index < -0.39 is 0 Å². The lowest BCUT2D eigenvalue weighted by atomic mass is 10.2. The Kier molecular flexibility index (Phi) is 14.3. The Hall–Kier alpha value is 0.500. The Balaban J connectivity index is 3.27. The molecule has 0 saturated heterocycles. The SMILES string of the molecule is CCCCCC(Cl)OCCOC(Cl)CCCCC. The second-order valence-electron chi connectivity index (χ2n) is 4.55. The Bertz CT molecular complexity index is 150. The molecule has 0 rings (SSSR count). The van der Waals surface area contributed by atoms with E-state index in [-0.39, 0.29) is 11.1 Å². The molecule has 0 aliphatic rings. The van der Waals surface area contributed by atoms with E-state index in [2.05, 4.69) is 13.8 Å². The average Bonchev–Trinajstić information content (AvgIpc) is 2.35. The fourth-order valence-corrected chi connectivity index (χ4v) is 2.12. The maximum Gasteiger partial charge on any atom is 0.131 e. The first-order valence-electron chi connectivity index (χ1n) is 7.22. The molecular weight excluding hydrogens is 271 g/mol. The molecule has 0 aliphatic carbocycles. The zero-order valence-electron chi connectivity index (χ0n) is 11.8. The summed E-state index contributed by atoms with van der Waals surface area (Å²) in [6, 6.07) is 0. The molecule has 0 aliphatic heterocycles. The highest BCUT2D eigenvalue weighted by Crippen LogP contribution is 2.12. The number of ether oxygens (including phenoxy) is 2. The monoisotopic (exact) mass is 298 g/mol. The van der Waals surface area contributed by atoms with Crippen LogP contribution in [0.4, 0.5) is 0 Å². The summed E-state index contributed by atoms with van der Waals surface area (Å²) in [5.41, 5.74) is -0.372. The third-order valence-electron chi connectivity index (χ3n) is 2.75. The largest absolute Gasteiger partial charge is 0.360 e. The molecule has 2 nitrogen and oxygen atoms in total. The van der Waals surface area contributed by atoms with Crippen LogP contribution in [-0.4, -0.2) is 24.3 Å². The minimum absolute atomic E-state index is 0.186. The minimum Gasteiger partial charge on any atom is -0.360 e. The Morgan fingerprint density at radius 2 is 1.11 bits per heavy atom. The van der Waals surface area contributed by atoms with Gasteiger partial charge in [0.2, 0.25) is 0 Å². The number of alkyl halides is 2. The molecule has 18 heavy (non-hydrogen) atoms. The highest BCUT2D eigenvalue weighted by molar-refractivity contribution is 6.19. The molecule has 0 spiro atoms. The molecule has 110 valence electrons. The van der Waals surface area contributed by atoms with Crippen molar-refractivity contribution < 1.29 is 9.47 Å². The smallest absolute Gasteiger partial charge is 0.131 e. The van der Waals surface area contributed by atoms with E-state index in [0.29, 0.717) is 13.2 Å². The van der Waals surface area contributed by atoms with Crippen LogP contribution in [-0.2, 0) is 9.47 Å². The maximum absolute atomic E-state index is 6.02. The first-order valence-corrected chi connectivity index (χ1v) is 8.09. The second kappa shape index (κ2) is 13.9. The van der Waals surface area contributed by atoms with E-state index >= 15 is 0 Å². The van der Waals surface area contributed by atoms with E-state index in [1.807, 2.05) is 0 Å². The molecule has 0 aromatic carbocycles. The van der Waals surface area contributed by atoms with E-state index in [0.717, 1.165) is 25.7 Å². The van der Waals surface area contributed by atoms with Crippen molar-refractivity contribution in [3.05, 3.63) is 0 Å². The van der Waals surface area contributed by atoms with Crippen LogP contribution >= 0.6 is 23.2 Å². The summed E-state index contributed by atoms with van der Waals surface area (Å²) < 4.78 is 10.9. The summed E-state index contributed by atoms with van der Waals surface area (Å²) >= 11 is 12.0. The number of unbranched alkanes of at least 4 members (excludes halogenated alkanes) is 4. The molecule has 0 N–H and O–H groups in total. The van der Waals surface area contributed by atoms with Crippen molar-refractivity contribution in [3.63, 3.8) is 0 Å². The minimum atomic E-state index is -0.186. The molecule has 4 heteroatoms. The molecule has 0 saturated carbocycles. The van der Waals surface area contributed by atoms with Crippen molar-refractivity contribution in [1.29, 1.82) is 0 Å². The summed E-state index contributed by atoms with van der Waals surface area (Å²) in [5.74, 6) is 0. The molecule has 0 fully saturated rings. The summed E-state index contributed by atoms with van der Waals surface area (Å²) in [4.78, 5) is 0. The predicted molar refractivity (Wildman–Crippen MR) is 79.5 cm³/mol. The molecule has 0 radical (unpaired) electrons. The van der Waals surface area contributed by atoms with Crippen molar-refractivity contribution >= 4 is 23.2 Å². The molecule has 2 atom stereocenters. The van der Waals surface area contributed by atoms with Crippen LogP contribution in [0.2, 0.25) is 0 Å². The predicted octanol–water partition coefficient (Wildman–Crippen LogP) is 5.31. The standard InChI is InChI=1S/C14H28Cl2O2/c1-3-5-7-9-13(15)17-11-12-18-14(16)10-8-6-4-2/h13-14H,3-12H2,1-2H3. The van der Waals surface area contributed by atoms with Crippen LogP contribution in [0.1, 0.15) is 65.2 Å². The van der Waals surface area contributed by atoms with Gasteiger partial charge in [-0.1, -0.05) is 62.7 Å². The van der Waals surface area contributed by atoms with Gasteiger partial charge in [0.05, 0.1) is 13.2 Å². The number of hydrogen-bond donors (Lipinski definition) is 0. The van der Waals surface area contributed by atoms with Crippen molar-refractivity contribution in [1.82, 2.24) is 0 Å². The fraction of sp³-hybridized carbons (Fsp3) is 1.00. The quantitative estimate of drug-likeness (QED) is 0.339. The summed E-state index contributed by atoms with van der Waals surface area (Å²) in [6.07, 6.45) is 8.92. The van der Waals surface area contributed by atoms with Crippen LogP contribution in [0, 0.1) is 0 Å². The highest BCUT2D eigenvalue weighted by Gasteiger charge is 2.06. The summed E-state index contributed by atoms with van der Waals surface area (Å²) in [6.45, 7) is 5.41. The molecule has 0 amide bonds. The molecule has 0 bridgehead atoms. The lowest BCUT2D eigenvalue weighted by Gasteiger charge is -2.13. The van der Waals surface area contributed by atoms with Crippen LogP contribution in [0.15, 0.2) is 0 Å². The van der Waals surface area contributed by atoms with Crippen molar-refractivity contribution in [2.75, 3.05) is 13.2 Å². The first kappa shape index (κ1) is 18.5. The zero-order chi connectivity index (χ0) is 13.6.